The first kappa shape index (κ1) is 13.3. The predicted molar refractivity (Wildman–Crippen MR) is 67.9 cm³/mol. The number of hydrogen-bond acceptors (Lipinski definition) is 4. The molecular formula is C14H20O4. The molecule has 2 unspecified atom stereocenters. The van der Waals surface area contributed by atoms with E-state index in [2.05, 4.69) is 0 Å². The quantitative estimate of drug-likeness (QED) is 0.751. The Bertz CT molecular complexity index is 344. The number of rotatable bonds is 5. The number of hydrogen-bond donors (Lipinski definition) is 0. The van der Waals surface area contributed by atoms with Crippen molar-refractivity contribution in [3.8, 4) is 5.75 Å². The summed E-state index contributed by atoms with van der Waals surface area (Å²) in [7, 11) is 1.69. The molecule has 0 radical (unpaired) electrons. The van der Waals surface area contributed by atoms with Gasteiger partial charge in [-0.3, -0.25) is 0 Å². The van der Waals surface area contributed by atoms with Crippen molar-refractivity contribution in [3.63, 3.8) is 0 Å². The van der Waals surface area contributed by atoms with Gasteiger partial charge in [0.1, 0.15) is 24.1 Å². The molecule has 0 amide bonds. The van der Waals surface area contributed by atoms with Crippen LogP contribution in [0.25, 0.3) is 0 Å². The third-order valence-electron chi connectivity index (χ3n) is 2.67. The zero-order valence-corrected chi connectivity index (χ0v) is 10.9. The van der Waals surface area contributed by atoms with E-state index in [4.69, 9.17) is 18.9 Å². The lowest BCUT2D eigenvalue weighted by molar-refractivity contribution is 0.130. The van der Waals surface area contributed by atoms with Gasteiger partial charge in [-0.05, 0) is 19.1 Å². The first-order chi connectivity index (χ1) is 8.72. The van der Waals surface area contributed by atoms with Crippen LogP contribution in [0.1, 0.15) is 6.92 Å². The van der Waals surface area contributed by atoms with Crippen molar-refractivity contribution in [1.82, 2.24) is 0 Å². The summed E-state index contributed by atoms with van der Waals surface area (Å²) in [4.78, 5) is 0. The van der Waals surface area contributed by atoms with Crippen LogP contribution in [0.2, 0.25) is 0 Å². The van der Waals surface area contributed by atoms with Crippen LogP contribution in [0.3, 0.4) is 0 Å². The molecule has 18 heavy (non-hydrogen) atoms. The SMILES string of the molecule is COCC1(C)CO1.c1ccc(OCC2CO2)cc1. The fraction of sp³-hybridized carbons (Fsp3) is 0.571. The van der Waals surface area contributed by atoms with Crippen molar-refractivity contribution < 1.29 is 18.9 Å². The molecule has 0 aliphatic carbocycles. The highest BCUT2D eigenvalue weighted by Crippen LogP contribution is 2.25. The van der Waals surface area contributed by atoms with Crippen LogP contribution in [0.4, 0.5) is 0 Å². The minimum Gasteiger partial charge on any atom is -0.491 e. The number of methoxy groups -OCH3 is 1. The van der Waals surface area contributed by atoms with Gasteiger partial charge in [0.05, 0.1) is 19.8 Å². The Morgan fingerprint density at radius 1 is 1.33 bits per heavy atom. The molecule has 0 saturated carbocycles. The Morgan fingerprint density at radius 3 is 2.44 bits per heavy atom. The molecule has 0 aromatic heterocycles. The second-order valence-electron chi connectivity index (χ2n) is 4.75. The van der Waals surface area contributed by atoms with Gasteiger partial charge in [-0.1, -0.05) is 18.2 Å². The van der Waals surface area contributed by atoms with E-state index in [1.807, 2.05) is 37.3 Å². The van der Waals surface area contributed by atoms with Gasteiger partial charge in [-0.15, -0.1) is 0 Å². The molecular weight excluding hydrogens is 232 g/mol. The van der Waals surface area contributed by atoms with Crippen molar-refractivity contribution in [2.75, 3.05) is 33.5 Å². The first-order valence-electron chi connectivity index (χ1n) is 6.14. The van der Waals surface area contributed by atoms with E-state index in [0.717, 1.165) is 25.6 Å². The highest BCUT2D eigenvalue weighted by molar-refractivity contribution is 5.20. The van der Waals surface area contributed by atoms with Gasteiger partial charge < -0.3 is 18.9 Å². The lowest BCUT2D eigenvalue weighted by atomic mass is 10.2. The molecule has 2 heterocycles. The maximum atomic E-state index is 5.40. The Labute approximate surface area is 108 Å². The van der Waals surface area contributed by atoms with Gasteiger partial charge >= 0.3 is 0 Å². The highest BCUT2D eigenvalue weighted by Gasteiger charge is 2.38. The highest BCUT2D eigenvalue weighted by atomic mass is 16.6. The molecule has 3 rings (SSSR count). The summed E-state index contributed by atoms with van der Waals surface area (Å²) >= 11 is 0. The van der Waals surface area contributed by atoms with Crippen LogP contribution in [0, 0.1) is 0 Å². The predicted octanol–water partition coefficient (Wildman–Crippen LogP) is 1.89. The van der Waals surface area contributed by atoms with Gasteiger partial charge in [-0.25, -0.2) is 0 Å². The van der Waals surface area contributed by atoms with E-state index < -0.39 is 0 Å². The summed E-state index contributed by atoms with van der Waals surface area (Å²) in [5.74, 6) is 0.919. The smallest absolute Gasteiger partial charge is 0.119 e. The molecule has 0 bridgehead atoms. The van der Waals surface area contributed by atoms with Gasteiger partial charge in [0.15, 0.2) is 0 Å². The number of epoxide rings is 2. The third kappa shape index (κ3) is 5.04. The summed E-state index contributed by atoms with van der Waals surface area (Å²) in [6, 6.07) is 9.79. The second kappa shape index (κ2) is 6.18. The topological polar surface area (TPSA) is 43.5 Å². The van der Waals surface area contributed by atoms with Crippen molar-refractivity contribution in [2.45, 2.75) is 18.6 Å². The maximum Gasteiger partial charge on any atom is 0.119 e. The molecule has 2 aliphatic heterocycles. The summed E-state index contributed by atoms with van der Waals surface area (Å²) in [6.45, 7) is 5.17. The fourth-order valence-corrected chi connectivity index (χ4v) is 1.38. The van der Waals surface area contributed by atoms with Gasteiger partial charge in [0, 0.05) is 7.11 Å². The third-order valence-corrected chi connectivity index (χ3v) is 2.67. The van der Waals surface area contributed by atoms with Crippen molar-refractivity contribution in [2.24, 2.45) is 0 Å². The number of para-hydroxylation sites is 1. The Kier molecular flexibility index (Phi) is 4.58. The van der Waals surface area contributed by atoms with Crippen molar-refractivity contribution in [3.05, 3.63) is 30.3 Å². The Hall–Kier alpha value is -1.10. The molecule has 100 valence electrons. The fourth-order valence-electron chi connectivity index (χ4n) is 1.38. The van der Waals surface area contributed by atoms with Crippen LogP contribution in [0.15, 0.2) is 30.3 Å². The molecule has 1 aromatic carbocycles. The summed E-state index contributed by atoms with van der Waals surface area (Å²) in [5, 5.41) is 0. The molecule has 2 aliphatic rings. The van der Waals surface area contributed by atoms with Crippen LogP contribution >= 0.6 is 0 Å². The summed E-state index contributed by atoms with van der Waals surface area (Å²) in [6.07, 6.45) is 0.343. The van der Waals surface area contributed by atoms with Gasteiger partial charge in [0.2, 0.25) is 0 Å². The van der Waals surface area contributed by atoms with Crippen LogP contribution in [0.5, 0.6) is 5.75 Å². The molecule has 2 atom stereocenters. The maximum absolute atomic E-state index is 5.40. The minimum atomic E-state index is 0.0781. The van der Waals surface area contributed by atoms with Crippen LogP contribution < -0.4 is 4.74 Å². The molecule has 4 nitrogen and oxygen atoms in total. The molecule has 2 saturated heterocycles. The van der Waals surface area contributed by atoms with E-state index in [-0.39, 0.29) is 5.60 Å². The van der Waals surface area contributed by atoms with E-state index in [0.29, 0.717) is 12.7 Å². The normalized spacial score (nSPS) is 28.0. The van der Waals surface area contributed by atoms with Crippen LogP contribution in [-0.2, 0) is 14.2 Å². The van der Waals surface area contributed by atoms with E-state index >= 15 is 0 Å². The molecule has 1 aromatic rings. The molecule has 0 N–H and O–H groups in total. The summed E-state index contributed by atoms with van der Waals surface area (Å²) in [5.41, 5.74) is 0.0781. The number of ether oxygens (including phenoxy) is 4. The Morgan fingerprint density at radius 2 is 2.00 bits per heavy atom. The Balaban J connectivity index is 0.000000149. The minimum absolute atomic E-state index is 0.0781. The summed E-state index contributed by atoms with van der Waals surface area (Å²) < 4.78 is 20.3. The lowest BCUT2D eigenvalue weighted by Crippen LogP contribution is -2.11. The second-order valence-corrected chi connectivity index (χ2v) is 4.75. The van der Waals surface area contributed by atoms with E-state index in [9.17, 15) is 0 Å². The van der Waals surface area contributed by atoms with Crippen molar-refractivity contribution in [1.29, 1.82) is 0 Å². The average Bonchev–Trinajstić information content (AvgIpc) is 3.28. The van der Waals surface area contributed by atoms with E-state index in [1.165, 1.54) is 0 Å². The zero-order chi connectivity index (χ0) is 12.8. The van der Waals surface area contributed by atoms with Gasteiger partial charge in [-0.2, -0.15) is 0 Å². The molecule has 0 spiro atoms. The van der Waals surface area contributed by atoms with E-state index in [1.54, 1.807) is 7.11 Å². The lowest BCUT2D eigenvalue weighted by Gasteiger charge is -2.01. The van der Waals surface area contributed by atoms with Gasteiger partial charge in [0.25, 0.3) is 0 Å². The zero-order valence-electron chi connectivity index (χ0n) is 10.9. The monoisotopic (exact) mass is 252 g/mol. The standard InChI is InChI=1S/C9H10O2.C5H10O2/c1-2-4-8(5-3-1)10-6-9-7-11-9;1-5(3-6-2)4-7-5/h1-5,9H,6-7H2;3-4H2,1-2H3. The first-order valence-corrected chi connectivity index (χ1v) is 6.14. The number of benzene rings is 1. The van der Waals surface area contributed by atoms with Crippen molar-refractivity contribution >= 4 is 0 Å². The van der Waals surface area contributed by atoms with Crippen LogP contribution in [-0.4, -0.2) is 45.2 Å². The average molecular weight is 252 g/mol. The largest absolute Gasteiger partial charge is 0.491 e. The molecule has 4 heteroatoms. The molecule has 2 fully saturated rings.